The van der Waals surface area contributed by atoms with Crippen LogP contribution in [-0.4, -0.2) is 41.9 Å². The molecule has 0 bridgehead atoms. The minimum Gasteiger partial charge on any atom is -0.384 e. The number of nitrogens with two attached hydrogens (primary N) is 3. The highest BCUT2D eigenvalue weighted by atomic mass is 16.7. The highest BCUT2D eigenvalue weighted by Crippen LogP contribution is 2.39. The lowest BCUT2D eigenvalue weighted by Gasteiger charge is -2.15. The van der Waals surface area contributed by atoms with Gasteiger partial charge in [-0.1, -0.05) is 34.6 Å². The van der Waals surface area contributed by atoms with Gasteiger partial charge in [-0.05, 0) is 88.8 Å². The zero-order valence-electron chi connectivity index (χ0n) is 29.0. The molecule has 0 radical (unpaired) electrons. The minimum atomic E-state index is -0.528. The summed E-state index contributed by atoms with van der Waals surface area (Å²) in [5.41, 5.74) is 22.1. The van der Waals surface area contributed by atoms with Gasteiger partial charge in [-0.2, -0.15) is 15.0 Å². The molecular formula is C36H42N12O3. The van der Waals surface area contributed by atoms with E-state index in [9.17, 15) is 4.79 Å². The van der Waals surface area contributed by atoms with Crippen molar-refractivity contribution in [1.82, 2.24) is 30.1 Å². The van der Waals surface area contributed by atoms with Crippen molar-refractivity contribution in [1.29, 1.82) is 0 Å². The Balaban J connectivity index is 0.000000176. The number of rotatable bonds is 11. The molecule has 2 saturated carbocycles. The number of carbonyl (C=O) groups is 1. The topological polar surface area (TPSA) is 231 Å². The first-order valence-corrected chi connectivity index (χ1v) is 16.8. The van der Waals surface area contributed by atoms with Crippen molar-refractivity contribution in [3.63, 3.8) is 0 Å². The Bertz CT molecular complexity index is 1960. The number of nitrogens with one attached hydrogen (secondary N) is 2. The molecule has 2 aromatic carbocycles. The number of aryl methyl sites for hydroxylation is 2. The summed E-state index contributed by atoms with van der Waals surface area (Å²) in [6, 6.07) is 18.9. The first-order chi connectivity index (χ1) is 24.5. The molecule has 0 amide bonds. The molecule has 0 unspecified atom stereocenters. The molecule has 2 atom stereocenters. The number of amidine groups is 1. The smallest absolute Gasteiger partial charge is 0.365 e. The Morgan fingerprint density at radius 3 is 1.82 bits per heavy atom. The van der Waals surface area contributed by atoms with Crippen molar-refractivity contribution in [3.05, 3.63) is 94.6 Å². The van der Waals surface area contributed by atoms with Gasteiger partial charge in [0.15, 0.2) is 5.82 Å². The van der Waals surface area contributed by atoms with Gasteiger partial charge in [-0.15, -0.1) is 0 Å². The maximum Gasteiger partial charge on any atom is 0.365 e. The number of hydrogen-bond acceptors (Lipinski definition) is 14. The molecule has 15 heteroatoms. The summed E-state index contributed by atoms with van der Waals surface area (Å²) in [6.45, 7) is 7.80. The minimum absolute atomic E-state index is 0.0303. The van der Waals surface area contributed by atoms with Gasteiger partial charge in [0.25, 0.3) is 5.89 Å². The zero-order chi connectivity index (χ0) is 36.1. The van der Waals surface area contributed by atoms with Crippen LogP contribution in [0.3, 0.4) is 0 Å². The third-order valence-corrected chi connectivity index (χ3v) is 8.39. The van der Waals surface area contributed by atoms with Crippen LogP contribution in [0.25, 0.3) is 11.5 Å². The Morgan fingerprint density at radius 2 is 1.33 bits per heavy atom. The molecule has 2 aliphatic rings. The van der Waals surface area contributed by atoms with E-state index in [2.05, 4.69) is 52.8 Å². The van der Waals surface area contributed by atoms with Gasteiger partial charge in [0.1, 0.15) is 17.5 Å². The van der Waals surface area contributed by atoms with E-state index in [1.165, 1.54) is 0 Å². The van der Waals surface area contributed by atoms with E-state index in [-0.39, 0.29) is 29.9 Å². The third-order valence-electron chi connectivity index (χ3n) is 8.39. The second-order valence-electron chi connectivity index (χ2n) is 12.9. The SMILES string of the molecule is Cc1cc(N[C@@H](C)c2ccc(-c3nc(C4CC4)no3)cc2)nc(N)n1.Cc1cc(N[C@@H](C)c2ccc(C(=O)O/N=C(\N)C3CC3)cc2)nc(N)n1. The van der Waals surface area contributed by atoms with Crippen LogP contribution >= 0.6 is 0 Å². The third kappa shape index (κ3) is 9.53. The van der Waals surface area contributed by atoms with E-state index >= 15 is 0 Å². The van der Waals surface area contributed by atoms with Crippen LogP contribution < -0.4 is 27.8 Å². The average Bonchev–Trinajstić information content (AvgIpc) is 4.05. The number of nitrogens with zero attached hydrogens (tertiary/aromatic N) is 7. The van der Waals surface area contributed by atoms with E-state index in [1.54, 1.807) is 12.1 Å². The van der Waals surface area contributed by atoms with E-state index in [1.807, 2.05) is 69.3 Å². The van der Waals surface area contributed by atoms with Gasteiger partial charge in [0.2, 0.25) is 11.9 Å². The number of benzene rings is 2. The number of carbonyl (C=O) groups excluding carboxylic acids is 1. The Morgan fingerprint density at radius 1 is 0.804 bits per heavy atom. The molecule has 51 heavy (non-hydrogen) atoms. The monoisotopic (exact) mass is 690 g/mol. The summed E-state index contributed by atoms with van der Waals surface area (Å²) in [5, 5.41) is 14.4. The lowest BCUT2D eigenvalue weighted by atomic mass is 10.1. The fraction of sp³-hybridized carbons (Fsp3) is 0.333. The fourth-order valence-corrected chi connectivity index (χ4v) is 5.22. The van der Waals surface area contributed by atoms with Crippen LogP contribution in [0.1, 0.15) is 96.2 Å². The van der Waals surface area contributed by atoms with Crippen LogP contribution in [0.4, 0.5) is 23.5 Å². The number of oxime groups is 1. The van der Waals surface area contributed by atoms with Crippen molar-refractivity contribution in [2.24, 2.45) is 16.8 Å². The summed E-state index contributed by atoms with van der Waals surface area (Å²) >= 11 is 0. The molecule has 8 N–H and O–H groups in total. The predicted molar refractivity (Wildman–Crippen MR) is 194 cm³/mol. The molecule has 3 aromatic heterocycles. The maximum absolute atomic E-state index is 12.0. The lowest BCUT2D eigenvalue weighted by Crippen LogP contribution is -2.15. The normalized spacial score (nSPS) is 15.3. The molecule has 15 nitrogen and oxygen atoms in total. The van der Waals surface area contributed by atoms with Gasteiger partial charge in [0, 0.05) is 53.0 Å². The molecule has 5 aromatic rings. The zero-order valence-corrected chi connectivity index (χ0v) is 29.0. The molecule has 0 aliphatic heterocycles. The largest absolute Gasteiger partial charge is 0.384 e. The van der Waals surface area contributed by atoms with Crippen LogP contribution in [0, 0.1) is 19.8 Å². The van der Waals surface area contributed by atoms with Gasteiger partial charge < -0.3 is 37.2 Å². The lowest BCUT2D eigenvalue weighted by molar-refractivity contribution is 0.0514. The Labute approximate surface area is 295 Å². The van der Waals surface area contributed by atoms with Crippen molar-refractivity contribution < 1.29 is 14.2 Å². The molecule has 0 saturated heterocycles. The second kappa shape index (κ2) is 15.2. The number of hydrogen-bond donors (Lipinski definition) is 5. The van der Waals surface area contributed by atoms with Crippen molar-refractivity contribution in [2.75, 3.05) is 22.1 Å². The van der Waals surface area contributed by atoms with E-state index in [0.717, 1.165) is 59.6 Å². The summed E-state index contributed by atoms with van der Waals surface area (Å²) in [4.78, 5) is 37.9. The second-order valence-corrected chi connectivity index (χ2v) is 12.9. The average molecular weight is 691 g/mol. The van der Waals surface area contributed by atoms with Crippen LogP contribution in [-0.2, 0) is 4.84 Å². The Hall–Kier alpha value is -6.12. The van der Waals surface area contributed by atoms with Crippen molar-refractivity contribution >= 4 is 35.3 Å². The number of aromatic nitrogens is 6. The quantitative estimate of drug-likeness (QED) is 0.0474. The van der Waals surface area contributed by atoms with Crippen LogP contribution in [0.15, 0.2) is 70.3 Å². The molecule has 0 spiro atoms. The summed E-state index contributed by atoms with van der Waals surface area (Å²) in [5.74, 6) is 3.87. The molecule has 2 aliphatic carbocycles. The predicted octanol–water partition coefficient (Wildman–Crippen LogP) is 5.85. The van der Waals surface area contributed by atoms with Gasteiger partial charge in [0.05, 0.1) is 5.56 Å². The standard InChI is InChI=1S/C18H22N6O2.C18H20N6O/c1-10-9-15(23-18(20)21-10)22-11(2)12-3-7-14(8-4-12)17(25)26-24-16(19)13-5-6-13;1-10-9-15(22-18(19)20-10)21-11(2)12-3-7-14(8-4-12)17-23-16(24-25-17)13-5-6-13/h3-4,7-9,11,13H,5-6H2,1-2H3,(H2,19,24)(H3,20,21,22,23);3-4,7-9,11,13H,5-6H2,1-2H3,(H3,19,20,21,22)/t2*11-/m00/s1. The molecule has 264 valence electrons. The van der Waals surface area contributed by atoms with Crippen LogP contribution in [0.5, 0.6) is 0 Å². The van der Waals surface area contributed by atoms with E-state index < -0.39 is 5.97 Å². The maximum atomic E-state index is 12.0. The molecule has 7 rings (SSSR count). The Kier molecular flexibility index (Phi) is 10.3. The summed E-state index contributed by atoms with van der Waals surface area (Å²) in [7, 11) is 0. The van der Waals surface area contributed by atoms with Crippen molar-refractivity contribution in [3.8, 4) is 11.5 Å². The number of nitrogen functional groups attached to an aromatic ring is 2. The van der Waals surface area contributed by atoms with Gasteiger partial charge >= 0.3 is 5.97 Å². The summed E-state index contributed by atoms with van der Waals surface area (Å²) in [6.07, 6.45) is 4.33. The van der Waals surface area contributed by atoms with Gasteiger partial charge in [-0.3, -0.25) is 0 Å². The number of anilines is 4. The summed E-state index contributed by atoms with van der Waals surface area (Å²) < 4.78 is 5.37. The molecule has 3 heterocycles. The van der Waals surface area contributed by atoms with Crippen LogP contribution in [0.2, 0.25) is 0 Å². The first kappa shape index (κ1) is 34.7. The molecule has 2 fully saturated rings. The molecular weight excluding hydrogens is 648 g/mol. The first-order valence-electron chi connectivity index (χ1n) is 16.8. The fourth-order valence-electron chi connectivity index (χ4n) is 5.22. The van der Waals surface area contributed by atoms with Gasteiger partial charge in [-0.25, -0.2) is 14.8 Å². The van der Waals surface area contributed by atoms with E-state index in [0.29, 0.717) is 34.8 Å². The van der Waals surface area contributed by atoms with Crippen molar-refractivity contribution in [2.45, 2.75) is 71.4 Å². The highest BCUT2D eigenvalue weighted by molar-refractivity contribution is 5.91. The highest BCUT2D eigenvalue weighted by Gasteiger charge is 2.29. The van der Waals surface area contributed by atoms with E-state index in [4.69, 9.17) is 26.6 Å².